The highest BCUT2D eigenvalue weighted by Gasteiger charge is 2.36. The lowest BCUT2D eigenvalue weighted by molar-refractivity contribution is -0.136. The second kappa shape index (κ2) is 10.3. The Morgan fingerprint density at radius 3 is 2.25 bits per heavy atom. The van der Waals surface area contributed by atoms with Crippen LogP contribution in [0, 0.1) is 12.8 Å². The number of likely N-dealkylation sites (tertiary alicyclic amines) is 2. The van der Waals surface area contributed by atoms with Crippen LogP contribution in [0.3, 0.4) is 0 Å². The number of rotatable bonds is 5. The number of nitrogens with one attached hydrogen (secondary N) is 1. The van der Waals surface area contributed by atoms with E-state index in [1.165, 1.54) is 11.3 Å². The van der Waals surface area contributed by atoms with Gasteiger partial charge in [0.2, 0.25) is 5.91 Å². The van der Waals surface area contributed by atoms with Crippen LogP contribution in [0.15, 0.2) is 41.8 Å². The third kappa shape index (κ3) is 5.21. The fourth-order valence-electron chi connectivity index (χ4n) is 4.63. The van der Waals surface area contributed by atoms with E-state index in [0.717, 1.165) is 37.9 Å². The van der Waals surface area contributed by atoms with Crippen molar-refractivity contribution in [2.75, 3.05) is 26.2 Å². The SMILES string of the molecule is Cc1ccc(C(=O)N2CCC([C@@H](NC(=O)c3cccs3)C(=O)N3CCCCC3)CC2)cc1. The molecule has 6 nitrogen and oxygen atoms in total. The minimum absolute atomic E-state index is 0.0235. The first-order valence-corrected chi connectivity index (χ1v) is 12.4. The normalized spacial score (nSPS) is 18.3. The first-order valence-electron chi connectivity index (χ1n) is 11.5. The summed E-state index contributed by atoms with van der Waals surface area (Å²) >= 11 is 1.38. The van der Waals surface area contributed by atoms with Crippen LogP contribution in [0.2, 0.25) is 0 Å². The zero-order valence-electron chi connectivity index (χ0n) is 18.6. The maximum absolute atomic E-state index is 13.4. The molecule has 2 aliphatic heterocycles. The molecule has 32 heavy (non-hydrogen) atoms. The van der Waals surface area contributed by atoms with Crippen LogP contribution in [0.4, 0.5) is 0 Å². The topological polar surface area (TPSA) is 69.7 Å². The summed E-state index contributed by atoms with van der Waals surface area (Å²) in [4.78, 5) is 43.5. The summed E-state index contributed by atoms with van der Waals surface area (Å²) in [5.74, 6) is -0.105. The number of benzene rings is 1. The minimum atomic E-state index is -0.542. The Balaban J connectivity index is 1.44. The van der Waals surface area contributed by atoms with Gasteiger partial charge in [-0.3, -0.25) is 14.4 Å². The van der Waals surface area contributed by atoms with E-state index in [1.54, 1.807) is 6.07 Å². The van der Waals surface area contributed by atoms with E-state index in [4.69, 9.17) is 0 Å². The van der Waals surface area contributed by atoms with Crippen LogP contribution in [-0.2, 0) is 4.79 Å². The van der Waals surface area contributed by atoms with Gasteiger partial charge in [0.15, 0.2) is 0 Å². The Bertz CT molecular complexity index is 928. The van der Waals surface area contributed by atoms with Crippen molar-refractivity contribution in [3.8, 4) is 0 Å². The number of hydrogen-bond donors (Lipinski definition) is 1. The maximum Gasteiger partial charge on any atom is 0.262 e. The van der Waals surface area contributed by atoms with Gasteiger partial charge in [0.1, 0.15) is 6.04 Å². The standard InChI is InChI=1S/C25H31N3O3S/c1-18-7-9-20(10-8-18)24(30)28-15-11-19(12-16-28)22(25(31)27-13-3-2-4-14-27)26-23(29)21-6-5-17-32-21/h5-10,17,19,22H,2-4,11-16H2,1H3,(H,26,29)/t22-/m1/s1. The lowest BCUT2D eigenvalue weighted by atomic mass is 9.87. The van der Waals surface area contributed by atoms with E-state index >= 15 is 0 Å². The molecule has 1 N–H and O–H groups in total. The van der Waals surface area contributed by atoms with E-state index in [2.05, 4.69) is 5.32 Å². The number of hydrogen-bond acceptors (Lipinski definition) is 4. The number of amides is 3. The molecular formula is C25H31N3O3S. The fourth-order valence-corrected chi connectivity index (χ4v) is 5.25. The monoisotopic (exact) mass is 453 g/mol. The first kappa shape index (κ1) is 22.5. The summed E-state index contributed by atoms with van der Waals surface area (Å²) in [5.41, 5.74) is 1.82. The van der Waals surface area contributed by atoms with Crippen molar-refractivity contribution < 1.29 is 14.4 Å². The second-order valence-corrected chi connectivity index (χ2v) is 9.76. The molecule has 2 aliphatic rings. The maximum atomic E-state index is 13.4. The van der Waals surface area contributed by atoms with Gasteiger partial charge in [0, 0.05) is 31.7 Å². The summed E-state index contributed by atoms with van der Waals surface area (Å²) < 4.78 is 0. The van der Waals surface area contributed by atoms with Crippen molar-refractivity contribution in [3.63, 3.8) is 0 Å². The molecule has 1 atom stereocenters. The van der Waals surface area contributed by atoms with E-state index in [9.17, 15) is 14.4 Å². The molecule has 0 radical (unpaired) electrons. The molecule has 1 aromatic heterocycles. The summed E-state index contributed by atoms with van der Waals surface area (Å²) in [5, 5.41) is 4.91. The average molecular weight is 454 g/mol. The van der Waals surface area contributed by atoms with Crippen molar-refractivity contribution in [1.82, 2.24) is 15.1 Å². The fraction of sp³-hybridized carbons (Fsp3) is 0.480. The molecule has 0 saturated carbocycles. The molecule has 0 aliphatic carbocycles. The van der Waals surface area contributed by atoms with Crippen LogP contribution in [0.25, 0.3) is 0 Å². The smallest absolute Gasteiger partial charge is 0.262 e. The van der Waals surface area contributed by atoms with Crippen LogP contribution in [0.5, 0.6) is 0 Å². The van der Waals surface area contributed by atoms with Gasteiger partial charge in [0.05, 0.1) is 4.88 Å². The summed E-state index contributed by atoms with van der Waals surface area (Å²) in [6.45, 7) is 4.71. The van der Waals surface area contributed by atoms with Gasteiger partial charge < -0.3 is 15.1 Å². The number of aryl methyl sites for hydroxylation is 1. The molecule has 170 valence electrons. The highest BCUT2D eigenvalue weighted by Crippen LogP contribution is 2.25. The molecule has 2 aromatic rings. The van der Waals surface area contributed by atoms with E-state index in [-0.39, 0.29) is 23.6 Å². The van der Waals surface area contributed by atoms with E-state index in [1.807, 2.05) is 52.4 Å². The molecule has 0 unspecified atom stereocenters. The van der Waals surface area contributed by atoms with Crippen molar-refractivity contribution in [2.45, 2.75) is 45.1 Å². The lowest BCUT2D eigenvalue weighted by Gasteiger charge is -2.38. The van der Waals surface area contributed by atoms with Crippen molar-refractivity contribution >= 4 is 29.1 Å². The highest BCUT2D eigenvalue weighted by atomic mass is 32.1. The van der Waals surface area contributed by atoms with Crippen molar-refractivity contribution in [2.24, 2.45) is 5.92 Å². The first-order chi connectivity index (χ1) is 15.5. The van der Waals surface area contributed by atoms with Gasteiger partial charge >= 0.3 is 0 Å². The van der Waals surface area contributed by atoms with Gasteiger partial charge in [-0.15, -0.1) is 11.3 Å². The number of thiophene rings is 1. The third-order valence-electron chi connectivity index (χ3n) is 6.56. The Morgan fingerprint density at radius 1 is 0.938 bits per heavy atom. The number of carbonyl (C=O) groups excluding carboxylic acids is 3. The van der Waals surface area contributed by atoms with E-state index < -0.39 is 6.04 Å². The highest BCUT2D eigenvalue weighted by molar-refractivity contribution is 7.12. The van der Waals surface area contributed by atoms with Crippen LogP contribution < -0.4 is 5.32 Å². The number of carbonyl (C=O) groups is 3. The third-order valence-corrected chi connectivity index (χ3v) is 7.43. The molecular weight excluding hydrogens is 422 g/mol. The predicted molar refractivity (Wildman–Crippen MR) is 126 cm³/mol. The Hall–Kier alpha value is -2.67. The molecule has 2 fully saturated rings. The molecule has 0 spiro atoms. The Morgan fingerprint density at radius 2 is 1.62 bits per heavy atom. The molecule has 3 heterocycles. The zero-order chi connectivity index (χ0) is 22.5. The van der Waals surface area contributed by atoms with Gasteiger partial charge in [-0.05, 0) is 68.5 Å². The summed E-state index contributed by atoms with van der Waals surface area (Å²) in [6, 6.07) is 10.7. The minimum Gasteiger partial charge on any atom is -0.341 e. The lowest BCUT2D eigenvalue weighted by Crippen LogP contribution is -2.55. The van der Waals surface area contributed by atoms with E-state index in [0.29, 0.717) is 36.4 Å². The summed E-state index contributed by atoms with van der Waals surface area (Å²) in [6.07, 6.45) is 4.58. The van der Waals surface area contributed by atoms with Crippen LogP contribution in [0.1, 0.15) is 57.7 Å². The number of nitrogens with zero attached hydrogens (tertiary/aromatic N) is 2. The van der Waals surface area contributed by atoms with Gasteiger partial charge in [-0.2, -0.15) is 0 Å². The van der Waals surface area contributed by atoms with Crippen molar-refractivity contribution in [1.29, 1.82) is 0 Å². The Kier molecular flexibility index (Phi) is 7.25. The van der Waals surface area contributed by atoms with Gasteiger partial charge in [-0.1, -0.05) is 23.8 Å². The van der Waals surface area contributed by atoms with Crippen LogP contribution in [-0.4, -0.2) is 59.7 Å². The van der Waals surface area contributed by atoms with Gasteiger partial charge in [-0.25, -0.2) is 0 Å². The summed E-state index contributed by atoms with van der Waals surface area (Å²) in [7, 11) is 0. The van der Waals surface area contributed by atoms with Crippen LogP contribution >= 0.6 is 11.3 Å². The van der Waals surface area contributed by atoms with Crippen molar-refractivity contribution in [3.05, 3.63) is 57.8 Å². The van der Waals surface area contributed by atoms with Gasteiger partial charge in [0.25, 0.3) is 11.8 Å². The second-order valence-electron chi connectivity index (χ2n) is 8.81. The Labute approximate surface area is 193 Å². The molecule has 0 bridgehead atoms. The molecule has 2 saturated heterocycles. The largest absolute Gasteiger partial charge is 0.341 e. The molecule has 7 heteroatoms. The zero-order valence-corrected chi connectivity index (χ0v) is 19.4. The molecule has 1 aromatic carbocycles. The molecule has 4 rings (SSSR count). The number of piperidine rings is 2. The predicted octanol–water partition coefficient (Wildman–Crippen LogP) is 3.72. The average Bonchev–Trinajstić information content (AvgIpc) is 3.38. The quantitative estimate of drug-likeness (QED) is 0.750. The molecule has 3 amide bonds.